The molecule has 28 heavy (non-hydrogen) atoms. The average molecular weight is 406 g/mol. The number of ether oxygens (including phenoxy) is 2. The molecule has 2 aromatic rings. The first kappa shape index (κ1) is 20.5. The van der Waals surface area contributed by atoms with Gasteiger partial charge in [0.1, 0.15) is 5.82 Å². The maximum absolute atomic E-state index is 13.0. The van der Waals surface area contributed by atoms with E-state index in [9.17, 15) is 4.79 Å². The molecule has 0 spiro atoms. The van der Waals surface area contributed by atoms with Crippen molar-refractivity contribution in [2.24, 2.45) is 0 Å². The van der Waals surface area contributed by atoms with Crippen molar-refractivity contribution >= 4 is 23.3 Å². The fraction of sp³-hybridized carbons (Fsp3) is 0.524. The Bertz CT molecular complexity index is 892. The molecule has 0 radical (unpaired) electrons. The summed E-state index contributed by atoms with van der Waals surface area (Å²) in [5.74, 6) is 1.36. The number of anilines is 1. The first-order valence-corrected chi connectivity index (χ1v) is 9.86. The number of benzene rings is 1. The third-order valence-electron chi connectivity index (χ3n) is 4.42. The molecular formula is C21H28ClN3O3. The molecule has 0 fully saturated rings. The Morgan fingerprint density at radius 2 is 1.79 bits per heavy atom. The van der Waals surface area contributed by atoms with Gasteiger partial charge in [-0.3, -0.25) is 4.79 Å². The van der Waals surface area contributed by atoms with Gasteiger partial charge in [-0.2, -0.15) is 5.10 Å². The molecule has 1 N–H and O–H groups in total. The maximum Gasteiger partial charge on any atom is 0.257 e. The molecule has 2 heterocycles. The predicted octanol–water partition coefficient (Wildman–Crippen LogP) is 5.00. The minimum Gasteiger partial charge on any atom is -0.489 e. The number of fused-ring (bicyclic) bond motifs is 1. The highest BCUT2D eigenvalue weighted by atomic mass is 35.5. The normalized spacial score (nSPS) is 14.5. The fourth-order valence-corrected chi connectivity index (χ4v) is 3.16. The van der Waals surface area contributed by atoms with E-state index in [0.717, 1.165) is 12.1 Å². The zero-order chi connectivity index (χ0) is 20.7. The van der Waals surface area contributed by atoms with Gasteiger partial charge >= 0.3 is 0 Å². The molecule has 0 bridgehead atoms. The number of carbonyl (C=O) groups excluding carboxylic acids is 1. The van der Waals surface area contributed by atoms with Crippen LogP contribution >= 0.6 is 11.6 Å². The smallest absolute Gasteiger partial charge is 0.257 e. The van der Waals surface area contributed by atoms with Crippen molar-refractivity contribution in [3.05, 3.63) is 34.5 Å². The van der Waals surface area contributed by atoms with Crippen LogP contribution in [0.1, 0.15) is 64.0 Å². The zero-order valence-electron chi connectivity index (χ0n) is 17.4. The van der Waals surface area contributed by atoms with Gasteiger partial charge < -0.3 is 14.8 Å². The SMILES string of the molecule is CC(C)(C)c1cc(NC(=O)c2cc(Cl)c3c(c2)OCCCO3)n(C(C)(C)C)n1. The Kier molecular flexibility index (Phi) is 5.36. The number of nitrogens with one attached hydrogen (secondary N) is 1. The predicted molar refractivity (Wildman–Crippen MR) is 111 cm³/mol. The van der Waals surface area contributed by atoms with Crippen molar-refractivity contribution in [2.75, 3.05) is 18.5 Å². The summed E-state index contributed by atoms with van der Waals surface area (Å²) in [5, 5.41) is 8.08. The summed E-state index contributed by atoms with van der Waals surface area (Å²) in [7, 11) is 0. The number of amides is 1. The molecule has 0 saturated carbocycles. The number of aromatic nitrogens is 2. The number of nitrogens with zero attached hydrogens (tertiary/aromatic N) is 2. The molecule has 0 saturated heterocycles. The summed E-state index contributed by atoms with van der Waals surface area (Å²) in [5.41, 5.74) is 0.908. The number of hydrogen-bond acceptors (Lipinski definition) is 4. The minimum absolute atomic E-state index is 0.130. The summed E-state index contributed by atoms with van der Waals surface area (Å²) < 4.78 is 13.2. The van der Waals surface area contributed by atoms with Crippen LogP contribution < -0.4 is 14.8 Å². The van der Waals surface area contributed by atoms with E-state index in [2.05, 4.69) is 26.1 Å². The third kappa shape index (κ3) is 4.27. The highest BCUT2D eigenvalue weighted by Gasteiger charge is 2.26. The lowest BCUT2D eigenvalue weighted by atomic mass is 9.92. The largest absolute Gasteiger partial charge is 0.489 e. The second-order valence-electron chi connectivity index (χ2n) is 9.04. The Morgan fingerprint density at radius 3 is 2.43 bits per heavy atom. The van der Waals surface area contributed by atoms with Gasteiger partial charge in [-0.15, -0.1) is 0 Å². The Labute approximate surface area is 171 Å². The summed E-state index contributed by atoms with van der Waals surface area (Å²) in [6, 6.07) is 5.20. The molecule has 1 amide bonds. The zero-order valence-corrected chi connectivity index (χ0v) is 18.1. The highest BCUT2D eigenvalue weighted by molar-refractivity contribution is 6.32. The molecule has 0 atom stereocenters. The number of carbonyl (C=O) groups is 1. The molecule has 6 nitrogen and oxygen atoms in total. The van der Waals surface area contributed by atoms with Gasteiger partial charge in [0.05, 0.1) is 29.5 Å². The Hall–Kier alpha value is -2.21. The van der Waals surface area contributed by atoms with Crippen LogP contribution in [0.5, 0.6) is 11.5 Å². The summed E-state index contributed by atoms with van der Waals surface area (Å²) in [6.45, 7) is 13.5. The second kappa shape index (κ2) is 7.32. The van der Waals surface area contributed by atoms with Crippen LogP contribution in [-0.4, -0.2) is 28.9 Å². The van der Waals surface area contributed by atoms with Crippen LogP contribution in [0.25, 0.3) is 0 Å². The van der Waals surface area contributed by atoms with Gasteiger partial charge in [0.25, 0.3) is 5.91 Å². The van der Waals surface area contributed by atoms with Crippen molar-refractivity contribution in [2.45, 2.75) is 58.9 Å². The topological polar surface area (TPSA) is 65.4 Å². The van der Waals surface area contributed by atoms with Gasteiger partial charge in [-0.1, -0.05) is 32.4 Å². The molecule has 1 aromatic carbocycles. The van der Waals surface area contributed by atoms with E-state index in [1.54, 1.807) is 12.1 Å². The van der Waals surface area contributed by atoms with Crippen molar-refractivity contribution in [3.8, 4) is 11.5 Å². The van der Waals surface area contributed by atoms with Crippen molar-refractivity contribution in [1.82, 2.24) is 9.78 Å². The monoisotopic (exact) mass is 405 g/mol. The Balaban J connectivity index is 1.94. The number of halogens is 1. The summed E-state index contributed by atoms with van der Waals surface area (Å²) in [6.07, 6.45) is 0.771. The maximum atomic E-state index is 13.0. The first-order chi connectivity index (χ1) is 13.0. The lowest BCUT2D eigenvalue weighted by Crippen LogP contribution is -2.27. The first-order valence-electron chi connectivity index (χ1n) is 9.48. The molecule has 1 aliphatic rings. The molecule has 3 rings (SSSR count). The lowest BCUT2D eigenvalue weighted by Gasteiger charge is -2.23. The van der Waals surface area contributed by atoms with E-state index in [4.69, 9.17) is 26.2 Å². The summed E-state index contributed by atoms with van der Waals surface area (Å²) in [4.78, 5) is 13.0. The van der Waals surface area contributed by atoms with Crippen LogP contribution in [0, 0.1) is 0 Å². The molecule has 152 valence electrons. The van der Waals surface area contributed by atoms with E-state index in [1.165, 1.54) is 0 Å². The fourth-order valence-electron chi connectivity index (χ4n) is 2.90. The van der Waals surface area contributed by atoms with E-state index >= 15 is 0 Å². The van der Waals surface area contributed by atoms with E-state index in [-0.39, 0.29) is 16.9 Å². The van der Waals surface area contributed by atoms with Gasteiger partial charge in [-0.25, -0.2) is 4.68 Å². The van der Waals surface area contributed by atoms with E-state index < -0.39 is 0 Å². The Morgan fingerprint density at radius 1 is 1.11 bits per heavy atom. The molecule has 1 aliphatic heterocycles. The van der Waals surface area contributed by atoms with Gasteiger partial charge in [0, 0.05) is 23.5 Å². The number of hydrogen-bond donors (Lipinski definition) is 1. The van der Waals surface area contributed by atoms with Crippen molar-refractivity contribution in [1.29, 1.82) is 0 Å². The van der Waals surface area contributed by atoms with E-state index in [1.807, 2.05) is 31.5 Å². The van der Waals surface area contributed by atoms with Crippen molar-refractivity contribution in [3.63, 3.8) is 0 Å². The minimum atomic E-state index is -0.283. The van der Waals surface area contributed by atoms with Gasteiger partial charge in [-0.05, 0) is 32.9 Å². The van der Waals surface area contributed by atoms with Crippen LogP contribution in [0.3, 0.4) is 0 Å². The molecule has 1 aromatic heterocycles. The standard InChI is InChI=1S/C21H28ClN3O3/c1-20(2,3)16-12-17(25(24-16)21(4,5)6)23-19(26)13-10-14(22)18-15(11-13)27-8-7-9-28-18/h10-12H,7-9H2,1-6H3,(H,23,26). The summed E-state index contributed by atoms with van der Waals surface area (Å²) >= 11 is 6.33. The van der Waals surface area contributed by atoms with Crippen LogP contribution in [0.15, 0.2) is 18.2 Å². The molecule has 7 heteroatoms. The molecular weight excluding hydrogens is 378 g/mol. The lowest BCUT2D eigenvalue weighted by molar-refractivity contribution is 0.102. The van der Waals surface area contributed by atoms with Crippen molar-refractivity contribution < 1.29 is 14.3 Å². The molecule has 0 unspecified atom stereocenters. The van der Waals surface area contributed by atoms with Gasteiger partial charge in [0.15, 0.2) is 11.5 Å². The van der Waals surface area contributed by atoms with Crippen LogP contribution in [0.4, 0.5) is 5.82 Å². The quantitative estimate of drug-likeness (QED) is 0.763. The molecule has 0 aliphatic carbocycles. The number of rotatable bonds is 2. The van der Waals surface area contributed by atoms with Crippen LogP contribution in [-0.2, 0) is 11.0 Å². The third-order valence-corrected chi connectivity index (χ3v) is 4.70. The van der Waals surface area contributed by atoms with E-state index in [0.29, 0.717) is 41.1 Å². The second-order valence-corrected chi connectivity index (χ2v) is 9.44. The average Bonchev–Trinajstić information content (AvgIpc) is 2.86. The highest BCUT2D eigenvalue weighted by Crippen LogP contribution is 2.38. The van der Waals surface area contributed by atoms with Gasteiger partial charge in [0.2, 0.25) is 0 Å². The van der Waals surface area contributed by atoms with Crippen LogP contribution in [0.2, 0.25) is 5.02 Å².